The van der Waals surface area contributed by atoms with E-state index < -0.39 is 0 Å². The molecule has 0 saturated carbocycles. The molecule has 0 bridgehead atoms. The summed E-state index contributed by atoms with van der Waals surface area (Å²) >= 11 is 0. The summed E-state index contributed by atoms with van der Waals surface area (Å²) < 4.78 is 17.5. The van der Waals surface area contributed by atoms with Crippen molar-refractivity contribution in [2.75, 3.05) is 18.1 Å². The van der Waals surface area contributed by atoms with E-state index >= 15 is 0 Å². The second-order valence-electron chi connectivity index (χ2n) is 7.59. The van der Waals surface area contributed by atoms with Crippen LogP contribution in [0, 0.1) is 0 Å². The van der Waals surface area contributed by atoms with E-state index in [1.165, 1.54) is 10.9 Å². The maximum atomic E-state index is 14.2. The number of rotatable bonds is 2. The summed E-state index contributed by atoms with van der Waals surface area (Å²) in [5.74, 6) is 1.66. The van der Waals surface area contributed by atoms with Gasteiger partial charge in [-0.1, -0.05) is 21.8 Å². The van der Waals surface area contributed by atoms with Crippen molar-refractivity contribution in [2.24, 2.45) is 0 Å². The molecule has 1 aromatic carbocycles. The highest BCUT2D eigenvalue weighted by Gasteiger charge is 2.36. The van der Waals surface area contributed by atoms with Crippen LogP contribution in [0.2, 0.25) is 0 Å². The number of benzene rings is 1. The van der Waals surface area contributed by atoms with Crippen molar-refractivity contribution in [3.05, 3.63) is 42.4 Å². The molecular weight excluding hydrogens is 389 g/mol. The second-order valence-corrected chi connectivity index (χ2v) is 7.59. The van der Waals surface area contributed by atoms with E-state index in [4.69, 9.17) is 0 Å². The topological polar surface area (TPSA) is 88.2 Å². The molecule has 152 valence electrons. The van der Waals surface area contributed by atoms with Gasteiger partial charge in [-0.25, -0.2) is 4.57 Å². The molecule has 3 aliphatic heterocycles. The summed E-state index contributed by atoms with van der Waals surface area (Å²) in [6, 6.07) is 7.61. The lowest BCUT2D eigenvalue weighted by molar-refractivity contribution is -0.129. The van der Waals surface area contributed by atoms with Gasteiger partial charge in [-0.15, -0.1) is 15.3 Å². The summed E-state index contributed by atoms with van der Waals surface area (Å²) in [6.45, 7) is 2.37. The first-order valence-corrected chi connectivity index (χ1v) is 9.78. The Balaban J connectivity index is 1.46. The summed E-state index contributed by atoms with van der Waals surface area (Å²) in [5, 5.41) is 17.9. The number of aromatic nitrogens is 6. The van der Waals surface area contributed by atoms with Crippen LogP contribution < -0.4 is 4.90 Å². The third-order valence-corrected chi connectivity index (χ3v) is 5.83. The molecule has 1 fully saturated rings. The molecule has 11 heteroatoms. The molecule has 30 heavy (non-hydrogen) atoms. The van der Waals surface area contributed by atoms with E-state index in [1.807, 2.05) is 34.1 Å². The molecule has 1 unspecified atom stereocenters. The molecule has 0 radical (unpaired) electrons. The van der Waals surface area contributed by atoms with Gasteiger partial charge in [0.15, 0.2) is 5.82 Å². The maximum Gasteiger partial charge on any atom is 0.259 e. The van der Waals surface area contributed by atoms with E-state index in [0.717, 1.165) is 30.6 Å². The Morgan fingerprint density at radius 3 is 2.93 bits per heavy atom. The molecule has 0 N–H and O–H groups in total. The van der Waals surface area contributed by atoms with Crippen molar-refractivity contribution in [1.82, 2.24) is 39.8 Å². The summed E-state index contributed by atoms with van der Waals surface area (Å²) in [6.07, 6.45) is 4.97. The maximum absolute atomic E-state index is 14.2. The fraction of sp³-hybridized carbons (Fsp3) is 0.316. The predicted molar refractivity (Wildman–Crippen MR) is 104 cm³/mol. The Bertz CT molecular complexity index is 1200. The van der Waals surface area contributed by atoms with Crippen molar-refractivity contribution < 1.29 is 9.28 Å². The van der Waals surface area contributed by atoms with Crippen LogP contribution in [-0.4, -0.2) is 58.9 Å². The number of anilines is 1. The Morgan fingerprint density at radius 2 is 2.07 bits per heavy atom. The smallest absolute Gasteiger partial charge is 0.259 e. The van der Waals surface area contributed by atoms with Gasteiger partial charge in [0.05, 0.1) is 24.1 Å². The number of halogens is 1. The van der Waals surface area contributed by atoms with Crippen LogP contribution in [-0.2, 0) is 4.79 Å². The van der Waals surface area contributed by atoms with Crippen LogP contribution in [0.15, 0.2) is 36.7 Å². The Labute approximate surface area is 170 Å². The third kappa shape index (κ3) is 2.31. The SMILES string of the molecule is CC(=O)N1CCCC1c1cn(-c2nnc3n2C2=CN(F)CN2c2ccccc2-3)nn1. The van der Waals surface area contributed by atoms with Gasteiger partial charge in [-0.3, -0.25) is 4.79 Å². The lowest BCUT2D eigenvalue weighted by Crippen LogP contribution is -2.29. The molecule has 10 nitrogen and oxygen atoms in total. The number of carbonyl (C=O) groups excluding carboxylic acids is 1. The third-order valence-electron chi connectivity index (χ3n) is 5.83. The van der Waals surface area contributed by atoms with Crippen LogP contribution in [0.25, 0.3) is 23.2 Å². The standard InChI is InChI=1S/C19H18FN9O/c1-12(30)26-8-4-7-16(26)14-9-28(24-21-14)19-23-22-18-13-5-2-3-6-15(13)27-11-25(20)10-17(27)29(18)19/h2-3,5-6,9-10,16H,4,7-8,11H2,1H3. The molecular formula is C19H18FN9O. The number of hydrogen-bond donors (Lipinski definition) is 0. The van der Waals surface area contributed by atoms with Crippen molar-refractivity contribution in [1.29, 1.82) is 0 Å². The Kier molecular flexibility index (Phi) is 3.49. The minimum atomic E-state index is -0.0933. The van der Waals surface area contributed by atoms with Crippen LogP contribution in [0.4, 0.5) is 10.2 Å². The van der Waals surface area contributed by atoms with Crippen molar-refractivity contribution >= 4 is 17.4 Å². The molecule has 2 aromatic heterocycles. The van der Waals surface area contributed by atoms with E-state index in [0.29, 0.717) is 28.4 Å². The average molecular weight is 407 g/mol. The second kappa shape index (κ2) is 6.12. The molecule has 6 rings (SSSR count). The minimum Gasteiger partial charge on any atom is -0.334 e. The van der Waals surface area contributed by atoms with E-state index in [2.05, 4.69) is 20.5 Å². The lowest BCUT2D eigenvalue weighted by atomic mass is 10.1. The lowest BCUT2D eigenvalue weighted by Gasteiger charge is -2.29. The Hall–Kier alpha value is -3.76. The predicted octanol–water partition coefficient (Wildman–Crippen LogP) is 1.94. The zero-order chi connectivity index (χ0) is 20.4. The van der Waals surface area contributed by atoms with Crippen molar-refractivity contribution in [2.45, 2.75) is 25.8 Å². The largest absolute Gasteiger partial charge is 0.334 e. The first-order valence-electron chi connectivity index (χ1n) is 9.78. The number of para-hydroxylation sites is 1. The number of hydrogen-bond acceptors (Lipinski definition) is 7. The zero-order valence-corrected chi connectivity index (χ0v) is 16.2. The van der Waals surface area contributed by atoms with Gasteiger partial charge in [-0.05, 0) is 25.0 Å². The number of amides is 1. The summed E-state index contributed by atoms with van der Waals surface area (Å²) in [7, 11) is 0. The van der Waals surface area contributed by atoms with Gasteiger partial charge >= 0.3 is 0 Å². The van der Waals surface area contributed by atoms with Crippen molar-refractivity contribution in [3.8, 4) is 17.3 Å². The molecule has 1 atom stereocenters. The monoisotopic (exact) mass is 407 g/mol. The van der Waals surface area contributed by atoms with Crippen LogP contribution >= 0.6 is 0 Å². The van der Waals surface area contributed by atoms with Crippen LogP contribution in [0.5, 0.6) is 0 Å². The molecule has 3 aliphatic rings. The molecule has 5 heterocycles. The fourth-order valence-electron chi connectivity index (χ4n) is 4.51. The van der Waals surface area contributed by atoms with Gasteiger partial charge in [0.1, 0.15) is 18.2 Å². The van der Waals surface area contributed by atoms with E-state index in [9.17, 15) is 9.28 Å². The van der Waals surface area contributed by atoms with Gasteiger partial charge in [0.25, 0.3) is 5.95 Å². The van der Waals surface area contributed by atoms with Crippen molar-refractivity contribution in [3.63, 3.8) is 0 Å². The molecule has 0 spiro atoms. The zero-order valence-electron chi connectivity index (χ0n) is 16.2. The number of nitrogens with zero attached hydrogens (tertiary/aromatic N) is 9. The van der Waals surface area contributed by atoms with Crippen LogP contribution in [0.3, 0.4) is 0 Å². The average Bonchev–Trinajstić information content (AvgIpc) is 3.50. The number of likely N-dealkylation sites (tertiary alicyclic amines) is 1. The summed E-state index contributed by atoms with van der Waals surface area (Å²) in [4.78, 5) is 15.6. The quantitative estimate of drug-likeness (QED) is 0.600. The van der Waals surface area contributed by atoms with Gasteiger partial charge in [0, 0.05) is 19.0 Å². The molecule has 1 saturated heterocycles. The minimum absolute atomic E-state index is 0.0262. The molecule has 3 aromatic rings. The van der Waals surface area contributed by atoms with Gasteiger partial charge in [0.2, 0.25) is 5.91 Å². The number of carbonyl (C=O) groups is 1. The van der Waals surface area contributed by atoms with Gasteiger partial charge in [-0.2, -0.15) is 9.80 Å². The van der Waals surface area contributed by atoms with E-state index in [1.54, 1.807) is 17.7 Å². The molecule has 1 amide bonds. The normalized spacial score (nSPS) is 19.6. The first kappa shape index (κ1) is 17.1. The molecule has 0 aliphatic carbocycles. The highest BCUT2D eigenvalue weighted by atomic mass is 19.2. The number of fused-ring (bicyclic) bond motifs is 6. The van der Waals surface area contributed by atoms with Crippen LogP contribution in [0.1, 0.15) is 31.5 Å². The first-order chi connectivity index (χ1) is 14.6. The highest BCUT2D eigenvalue weighted by molar-refractivity contribution is 5.89. The fourth-order valence-corrected chi connectivity index (χ4v) is 4.51. The van der Waals surface area contributed by atoms with Gasteiger partial charge < -0.3 is 9.80 Å². The Morgan fingerprint density at radius 1 is 1.20 bits per heavy atom. The summed E-state index contributed by atoms with van der Waals surface area (Å²) in [5.41, 5.74) is 2.45. The highest BCUT2D eigenvalue weighted by Crippen LogP contribution is 2.42. The van der Waals surface area contributed by atoms with E-state index in [-0.39, 0.29) is 18.6 Å².